The first kappa shape index (κ1) is 16.3. The third-order valence-electron chi connectivity index (χ3n) is 4.07. The number of ether oxygens (including phenoxy) is 1. The zero-order valence-corrected chi connectivity index (χ0v) is 13.2. The predicted molar refractivity (Wildman–Crippen MR) is 86.0 cm³/mol. The first-order chi connectivity index (χ1) is 10.6. The zero-order chi connectivity index (χ0) is 15.9. The topological polar surface area (TPSA) is 67.4 Å². The molecule has 0 radical (unpaired) electrons. The summed E-state index contributed by atoms with van der Waals surface area (Å²) in [5.74, 6) is 0.421. The normalized spacial score (nSPS) is 21.0. The fourth-order valence-corrected chi connectivity index (χ4v) is 2.81. The van der Waals surface area contributed by atoms with Crippen LogP contribution in [-0.2, 0) is 4.74 Å². The Kier molecular flexibility index (Phi) is 5.81. The van der Waals surface area contributed by atoms with E-state index in [0.717, 1.165) is 12.8 Å². The van der Waals surface area contributed by atoms with Gasteiger partial charge in [-0.3, -0.25) is 10.1 Å². The Hall–Kier alpha value is -2.04. The second-order valence-corrected chi connectivity index (χ2v) is 5.77. The van der Waals surface area contributed by atoms with Gasteiger partial charge in [0.15, 0.2) is 0 Å². The number of carbonyl (C=O) groups excluding carboxylic acids is 2. The molecule has 1 aromatic rings. The number of amides is 2. The highest BCUT2D eigenvalue weighted by Gasteiger charge is 2.23. The van der Waals surface area contributed by atoms with Crippen LogP contribution in [0.3, 0.4) is 0 Å². The number of nitrogens with one attached hydrogen (secondary N) is 2. The van der Waals surface area contributed by atoms with Crippen LogP contribution in [0.25, 0.3) is 0 Å². The molecule has 22 heavy (non-hydrogen) atoms. The lowest BCUT2D eigenvalue weighted by Crippen LogP contribution is -2.41. The summed E-state index contributed by atoms with van der Waals surface area (Å²) in [6.45, 7) is 4.24. The van der Waals surface area contributed by atoms with Crippen LogP contribution in [0.4, 0.5) is 10.5 Å². The molecule has 0 saturated heterocycles. The van der Waals surface area contributed by atoms with E-state index in [2.05, 4.69) is 17.6 Å². The summed E-state index contributed by atoms with van der Waals surface area (Å²) in [7, 11) is 0. The SMILES string of the molecule is CCOC(=O)Nc1cccc(C(=O)N[C@H]2CCCC[C@H]2C)c1. The molecule has 0 spiro atoms. The van der Waals surface area contributed by atoms with Crippen molar-refractivity contribution in [2.75, 3.05) is 11.9 Å². The molecule has 2 amide bonds. The molecule has 0 bridgehead atoms. The molecular weight excluding hydrogens is 280 g/mol. The number of anilines is 1. The van der Waals surface area contributed by atoms with Gasteiger partial charge in [0.05, 0.1) is 6.61 Å². The lowest BCUT2D eigenvalue weighted by molar-refractivity contribution is 0.0910. The summed E-state index contributed by atoms with van der Waals surface area (Å²) in [6.07, 6.45) is 4.09. The van der Waals surface area contributed by atoms with E-state index in [1.54, 1.807) is 31.2 Å². The summed E-state index contributed by atoms with van der Waals surface area (Å²) in [6, 6.07) is 7.14. The Balaban J connectivity index is 1.99. The summed E-state index contributed by atoms with van der Waals surface area (Å²) < 4.78 is 4.83. The van der Waals surface area contributed by atoms with Gasteiger partial charge in [0, 0.05) is 17.3 Å². The van der Waals surface area contributed by atoms with Gasteiger partial charge in [-0.25, -0.2) is 4.79 Å². The minimum Gasteiger partial charge on any atom is -0.450 e. The molecule has 1 fully saturated rings. The average Bonchev–Trinajstić information content (AvgIpc) is 2.50. The third-order valence-corrected chi connectivity index (χ3v) is 4.07. The van der Waals surface area contributed by atoms with Crippen LogP contribution in [0.5, 0.6) is 0 Å². The third kappa shape index (κ3) is 4.48. The molecule has 0 unspecified atom stereocenters. The Labute approximate surface area is 131 Å². The Morgan fingerprint density at radius 2 is 2.05 bits per heavy atom. The molecule has 2 atom stereocenters. The van der Waals surface area contributed by atoms with Crippen LogP contribution in [-0.4, -0.2) is 24.6 Å². The molecule has 1 saturated carbocycles. The highest BCUT2D eigenvalue weighted by Crippen LogP contribution is 2.24. The number of benzene rings is 1. The van der Waals surface area contributed by atoms with Crippen molar-refractivity contribution >= 4 is 17.7 Å². The van der Waals surface area contributed by atoms with E-state index in [-0.39, 0.29) is 11.9 Å². The molecule has 2 N–H and O–H groups in total. The zero-order valence-electron chi connectivity index (χ0n) is 13.2. The highest BCUT2D eigenvalue weighted by atomic mass is 16.5. The van der Waals surface area contributed by atoms with E-state index in [0.29, 0.717) is 23.8 Å². The van der Waals surface area contributed by atoms with Crippen LogP contribution >= 0.6 is 0 Å². The number of hydrogen-bond donors (Lipinski definition) is 2. The van der Waals surface area contributed by atoms with Gasteiger partial charge in [-0.2, -0.15) is 0 Å². The molecule has 0 aliphatic heterocycles. The number of rotatable bonds is 4. The minimum atomic E-state index is -0.513. The van der Waals surface area contributed by atoms with Gasteiger partial charge in [0.2, 0.25) is 0 Å². The van der Waals surface area contributed by atoms with Crippen molar-refractivity contribution in [2.24, 2.45) is 5.92 Å². The van der Waals surface area contributed by atoms with E-state index in [1.165, 1.54) is 12.8 Å². The van der Waals surface area contributed by atoms with Gasteiger partial charge in [-0.05, 0) is 43.9 Å². The quantitative estimate of drug-likeness (QED) is 0.893. The molecule has 0 aromatic heterocycles. The Morgan fingerprint density at radius 3 is 2.77 bits per heavy atom. The van der Waals surface area contributed by atoms with E-state index in [4.69, 9.17) is 4.74 Å². The van der Waals surface area contributed by atoms with Gasteiger partial charge in [-0.1, -0.05) is 25.8 Å². The molecule has 2 rings (SSSR count). The van der Waals surface area contributed by atoms with Crippen LogP contribution < -0.4 is 10.6 Å². The van der Waals surface area contributed by atoms with Crippen molar-refractivity contribution in [3.8, 4) is 0 Å². The standard InChI is InChI=1S/C17H24N2O3/c1-3-22-17(21)18-14-9-6-8-13(11-14)16(20)19-15-10-5-4-7-12(15)2/h6,8-9,11-12,15H,3-5,7,10H2,1-2H3,(H,18,21)(H,19,20)/t12-,15+/m1/s1. The molecule has 120 valence electrons. The highest BCUT2D eigenvalue weighted by molar-refractivity contribution is 5.96. The maximum absolute atomic E-state index is 12.4. The van der Waals surface area contributed by atoms with Crippen LogP contribution in [0.2, 0.25) is 0 Å². The van der Waals surface area contributed by atoms with E-state index >= 15 is 0 Å². The monoisotopic (exact) mass is 304 g/mol. The summed E-state index contributed by atoms with van der Waals surface area (Å²) in [4.78, 5) is 23.8. The lowest BCUT2D eigenvalue weighted by Gasteiger charge is -2.29. The van der Waals surface area contributed by atoms with Gasteiger partial charge < -0.3 is 10.1 Å². The fraction of sp³-hybridized carbons (Fsp3) is 0.529. The van der Waals surface area contributed by atoms with Crippen molar-refractivity contribution in [3.05, 3.63) is 29.8 Å². The number of carbonyl (C=O) groups is 2. The molecule has 1 aromatic carbocycles. The largest absolute Gasteiger partial charge is 0.450 e. The van der Waals surface area contributed by atoms with Crippen molar-refractivity contribution in [1.29, 1.82) is 0 Å². The maximum atomic E-state index is 12.4. The molecular formula is C17H24N2O3. The lowest BCUT2D eigenvalue weighted by atomic mass is 9.86. The first-order valence-corrected chi connectivity index (χ1v) is 7.95. The second kappa shape index (κ2) is 7.82. The van der Waals surface area contributed by atoms with Crippen LogP contribution in [0.1, 0.15) is 49.9 Å². The van der Waals surface area contributed by atoms with E-state index < -0.39 is 6.09 Å². The molecule has 5 nitrogen and oxygen atoms in total. The Bertz CT molecular complexity index is 530. The van der Waals surface area contributed by atoms with E-state index in [9.17, 15) is 9.59 Å². The van der Waals surface area contributed by atoms with Crippen LogP contribution in [0, 0.1) is 5.92 Å². The Morgan fingerprint density at radius 1 is 1.27 bits per heavy atom. The summed E-state index contributed by atoms with van der Waals surface area (Å²) in [5.41, 5.74) is 1.11. The van der Waals surface area contributed by atoms with Crippen molar-refractivity contribution in [3.63, 3.8) is 0 Å². The number of hydrogen-bond acceptors (Lipinski definition) is 3. The second-order valence-electron chi connectivity index (χ2n) is 5.77. The molecule has 1 aliphatic carbocycles. The van der Waals surface area contributed by atoms with Crippen molar-refractivity contribution in [1.82, 2.24) is 5.32 Å². The van der Waals surface area contributed by atoms with Crippen LogP contribution in [0.15, 0.2) is 24.3 Å². The van der Waals surface area contributed by atoms with Gasteiger partial charge >= 0.3 is 6.09 Å². The first-order valence-electron chi connectivity index (χ1n) is 7.95. The summed E-state index contributed by atoms with van der Waals surface area (Å²) >= 11 is 0. The van der Waals surface area contributed by atoms with E-state index in [1.807, 2.05) is 0 Å². The van der Waals surface area contributed by atoms with Gasteiger partial charge in [0.1, 0.15) is 0 Å². The smallest absolute Gasteiger partial charge is 0.411 e. The fourth-order valence-electron chi connectivity index (χ4n) is 2.81. The molecule has 1 aliphatic rings. The molecule has 5 heteroatoms. The maximum Gasteiger partial charge on any atom is 0.411 e. The average molecular weight is 304 g/mol. The summed E-state index contributed by atoms with van der Waals surface area (Å²) in [5, 5.41) is 5.72. The molecule has 0 heterocycles. The van der Waals surface area contributed by atoms with Crippen molar-refractivity contribution < 1.29 is 14.3 Å². The van der Waals surface area contributed by atoms with Gasteiger partial charge in [-0.15, -0.1) is 0 Å². The van der Waals surface area contributed by atoms with Gasteiger partial charge in [0.25, 0.3) is 5.91 Å². The minimum absolute atomic E-state index is 0.0914. The van der Waals surface area contributed by atoms with Crippen molar-refractivity contribution in [2.45, 2.75) is 45.6 Å². The predicted octanol–water partition coefficient (Wildman–Crippen LogP) is 3.56.